The summed E-state index contributed by atoms with van der Waals surface area (Å²) in [6.07, 6.45) is -0.0783. The van der Waals surface area contributed by atoms with Crippen LogP contribution in [0.5, 0.6) is 5.75 Å². The van der Waals surface area contributed by atoms with Gasteiger partial charge in [-0.1, -0.05) is 38.1 Å². The number of methoxy groups -OCH3 is 1. The largest absolute Gasteiger partial charge is 0.495 e. The van der Waals surface area contributed by atoms with Crippen molar-refractivity contribution in [3.8, 4) is 5.75 Å². The van der Waals surface area contributed by atoms with E-state index in [1.54, 1.807) is 12.0 Å². The van der Waals surface area contributed by atoms with Gasteiger partial charge in [-0.05, 0) is 35.7 Å². The number of nitrogens with one attached hydrogen (secondary N) is 2. The second-order valence-electron chi connectivity index (χ2n) is 9.86. The number of amides is 3. The van der Waals surface area contributed by atoms with Crippen molar-refractivity contribution in [3.05, 3.63) is 54.1 Å². The quantitative estimate of drug-likeness (QED) is 0.570. The van der Waals surface area contributed by atoms with Crippen LogP contribution in [0.4, 0.5) is 11.4 Å². The van der Waals surface area contributed by atoms with Crippen LogP contribution in [0.1, 0.15) is 31.7 Å². The minimum absolute atomic E-state index is 0.0783. The molecule has 0 saturated carbocycles. The number of para-hydroxylation sites is 2. The smallest absolute Gasteiger partial charge is 0.243 e. The molecule has 2 heterocycles. The number of carbonyl (C=O) groups is 3. The first-order valence-electron chi connectivity index (χ1n) is 12.9. The monoisotopic (exact) mass is 507 g/mol. The number of piperazine rings is 2. The molecule has 2 aliphatic rings. The lowest BCUT2D eigenvalue weighted by atomic mass is 10.0. The second-order valence-corrected chi connectivity index (χ2v) is 9.86. The molecular weight excluding hydrogens is 470 g/mol. The Labute approximate surface area is 218 Å². The molecule has 9 nitrogen and oxygen atoms in total. The number of rotatable bonds is 8. The lowest BCUT2D eigenvalue weighted by molar-refractivity contribution is -0.145. The first-order valence-corrected chi connectivity index (χ1v) is 12.9. The molecule has 2 aliphatic heterocycles. The molecule has 2 fully saturated rings. The molecule has 3 amide bonds. The predicted molar refractivity (Wildman–Crippen MR) is 144 cm³/mol. The van der Waals surface area contributed by atoms with E-state index in [1.807, 2.05) is 48.5 Å². The third kappa shape index (κ3) is 6.60. The van der Waals surface area contributed by atoms with Crippen molar-refractivity contribution in [1.82, 2.24) is 15.1 Å². The van der Waals surface area contributed by atoms with E-state index in [2.05, 4.69) is 34.3 Å². The fraction of sp³-hybridized carbons (Fsp3) is 0.464. The van der Waals surface area contributed by atoms with Crippen LogP contribution in [-0.4, -0.2) is 86.5 Å². The van der Waals surface area contributed by atoms with Gasteiger partial charge < -0.3 is 25.2 Å². The molecule has 198 valence electrons. The molecule has 0 bridgehead atoms. The fourth-order valence-corrected chi connectivity index (χ4v) is 4.88. The minimum atomic E-state index is -0.814. The zero-order valence-corrected chi connectivity index (χ0v) is 21.9. The van der Waals surface area contributed by atoms with Crippen LogP contribution in [0.25, 0.3) is 0 Å². The standard InChI is InChI=1S/C28H37N5O4/c1-20(2)21-8-10-22(11-9-21)30-26(34)18-24-28(36)29-12-13-33(24)27(35)19-31-14-16-32(17-15-31)23-6-4-5-7-25(23)37-3/h4-11,20,24H,12-19H2,1-3H3,(H,29,36)(H,30,34)/t24-/m0/s1. The van der Waals surface area contributed by atoms with Gasteiger partial charge in [-0.25, -0.2) is 0 Å². The van der Waals surface area contributed by atoms with E-state index in [4.69, 9.17) is 4.74 Å². The topological polar surface area (TPSA) is 94.2 Å². The summed E-state index contributed by atoms with van der Waals surface area (Å²) in [6.45, 7) is 8.23. The number of nitrogens with zero attached hydrogens (tertiary/aromatic N) is 3. The molecule has 0 radical (unpaired) electrons. The first kappa shape index (κ1) is 26.5. The van der Waals surface area contributed by atoms with Crippen molar-refractivity contribution in [3.63, 3.8) is 0 Å². The third-order valence-corrected chi connectivity index (χ3v) is 7.05. The highest BCUT2D eigenvalue weighted by Crippen LogP contribution is 2.28. The molecule has 2 aromatic carbocycles. The lowest BCUT2D eigenvalue weighted by Gasteiger charge is -2.39. The molecule has 1 atom stereocenters. The summed E-state index contributed by atoms with van der Waals surface area (Å²) in [7, 11) is 1.67. The minimum Gasteiger partial charge on any atom is -0.495 e. The van der Waals surface area contributed by atoms with E-state index in [1.165, 1.54) is 5.56 Å². The van der Waals surface area contributed by atoms with E-state index in [0.29, 0.717) is 24.7 Å². The van der Waals surface area contributed by atoms with Crippen molar-refractivity contribution in [2.75, 3.05) is 63.1 Å². The summed E-state index contributed by atoms with van der Waals surface area (Å²) in [6, 6.07) is 14.8. The van der Waals surface area contributed by atoms with Crippen molar-refractivity contribution >= 4 is 29.1 Å². The molecule has 2 aromatic rings. The Balaban J connectivity index is 1.32. The predicted octanol–water partition coefficient (Wildman–Crippen LogP) is 2.30. The SMILES string of the molecule is COc1ccccc1N1CCN(CC(=O)N2CCNC(=O)[C@@H]2CC(=O)Nc2ccc(C(C)C)cc2)CC1. The Morgan fingerprint density at radius 2 is 1.73 bits per heavy atom. The van der Waals surface area contributed by atoms with Crippen LogP contribution in [-0.2, 0) is 14.4 Å². The average Bonchev–Trinajstić information content (AvgIpc) is 2.90. The van der Waals surface area contributed by atoms with Gasteiger partial charge in [-0.3, -0.25) is 19.3 Å². The van der Waals surface area contributed by atoms with Gasteiger partial charge >= 0.3 is 0 Å². The number of carbonyl (C=O) groups excluding carboxylic acids is 3. The number of hydrogen-bond donors (Lipinski definition) is 2. The maximum Gasteiger partial charge on any atom is 0.243 e. The van der Waals surface area contributed by atoms with Crippen LogP contribution >= 0.6 is 0 Å². The maximum atomic E-state index is 13.3. The summed E-state index contributed by atoms with van der Waals surface area (Å²) < 4.78 is 5.49. The molecule has 0 aromatic heterocycles. The Hall–Kier alpha value is -3.59. The van der Waals surface area contributed by atoms with Gasteiger partial charge in [0.05, 0.1) is 25.8 Å². The van der Waals surface area contributed by atoms with Gasteiger partial charge in [0.1, 0.15) is 11.8 Å². The van der Waals surface area contributed by atoms with Crippen molar-refractivity contribution in [2.45, 2.75) is 32.2 Å². The van der Waals surface area contributed by atoms with Crippen molar-refractivity contribution < 1.29 is 19.1 Å². The van der Waals surface area contributed by atoms with Gasteiger partial charge in [-0.15, -0.1) is 0 Å². The van der Waals surface area contributed by atoms with Crippen LogP contribution in [0.2, 0.25) is 0 Å². The van der Waals surface area contributed by atoms with E-state index in [0.717, 1.165) is 37.6 Å². The molecule has 0 unspecified atom stereocenters. The van der Waals surface area contributed by atoms with Gasteiger partial charge in [0.15, 0.2) is 0 Å². The van der Waals surface area contributed by atoms with Gasteiger partial charge in [0, 0.05) is 45.0 Å². The highest BCUT2D eigenvalue weighted by Gasteiger charge is 2.35. The Morgan fingerprint density at radius 1 is 1.03 bits per heavy atom. The Kier molecular flexibility index (Phi) is 8.66. The maximum absolute atomic E-state index is 13.3. The molecule has 0 spiro atoms. The molecule has 4 rings (SSSR count). The molecule has 2 N–H and O–H groups in total. The van der Waals surface area contributed by atoms with E-state index < -0.39 is 6.04 Å². The summed E-state index contributed by atoms with van der Waals surface area (Å²) in [5, 5.41) is 5.66. The molecule has 2 saturated heterocycles. The zero-order valence-electron chi connectivity index (χ0n) is 21.9. The summed E-state index contributed by atoms with van der Waals surface area (Å²) >= 11 is 0. The van der Waals surface area contributed by atoms with Crippen LogP contribution in [0.15, 0.2) is 48.5 Å². The molecular formula is C28H37N5O4. The third-order valence-electron chi connectivity index (χ3n) is 7.05. The highest BCUT2D eigenvalue weighted by atomic mass is 16.5. The normalized spacial score (nSPS) is 18.5. The van der Waals surface area contributed by atoms with Crippen LogP contribution < -0.4 is 20.3 Å². The number of benzene rings is 2. The van der Waals surface area contributed by atoms with E-state index in [9.17, 15) is 14.4 Å². The first-order chi connectivity index (χ1) is 17.9. The molecule has 9 heteroatoms. The summed E-state index contributed by atoms with van der Waals surface area (Å²) in [4.78, 5) is 44.6. The highest BCUT2D eigenvalue weighted by molar-refractivity contribution is 5.97. The fourth-order valence-electron chi connectivity index (χ4n) is 4.88. The number of anilines is 2. The number of ether oxygens (including phenoxy) is 1. The molecule has 0 aliphatic carbocycles. The number of hydrogen-bond acceptors (Lipinski definition) is 6. The van der Waals surface area contributed by atoms with E-state index in [-0.39, 0.29) is 30.7 Å². The van der Waals surface area contributed by atoms with Gasteiger partial charge in [0.25, 0.3) is 0 Å². The van der Waals surface area contributed by atoms with Crippen LogP contribution in [0, 0.1) is 0 Å². The average molecular weight is 508 g/mol. The zero-order chi connectivity index (χ0) is 26.4. The van der Waals surface area contributed by atoms with E-state index >= 15 is 0 Å². The Bertz CT molecular complexity index is 1100. The lowest BCUT2D eigenvalue weighted by Crippen LogP contribution is -2.60. The van der Waals surface area contributed by atoms with Crippen molar-refractivity contribution in [1.29, 1.82) is 0 Å². The van der Waals surface area contributed by atoms with Crippen LogP contribution in [0.3, 0.4) is 0 Å². The summed E-state index contributed by atoms with van der Waals surface area (Å²) in [5.41, 5.74) is 2.91. The summed E-state index contributed by atoms with van der Waals surface area (Å²) in [5.74, 6) is 0.538. The Morgan fingerprint density at radius 3 is 2.41 bits per heavy atom. The van der Waals surface area contributed by atoms with Gasteiger partial charge in [0.2, 0.25) is 17.7 Å². The van der Waals surface area contributed by atoms with Gasteiger partial charge in [-0.2, -0.15) is 0 Å². The molecule has 37 heavy (non-hydrogen) atoms. The second kappa shape index (κ2) is 12.1. The van der Waals surface area contributed by atoms with Crippen molar-refractivity contribution in [2.24, 2.45) is 0 Å².